The van der Waals surface area contributed by atoms with Crippen LogP contribution in [-0.2, 0) is 24.0 Å². The second-order valence-corrected chi connectivity index (χ2v) is 11.5. The first-order valence-electron chi connectivity index (χ1n) is 11.6. The van der Waals surface area contributed by atoms with Crippen LogP contribution in [-0.4, -0.2) is 36.3 Å². The summed E-state index contributed by atoms with van der Waals surface area (Å²) in [5, 5.41) is 23.0. The van der Waals surface area contributed by atoms with Crippen LogP contribution in [0, 0.1) is 10.1 Å². The standard InChI is InChI=1S/C26H22N6O3S3/c1-31-23(13-17-5-3-2-4-6-17)29-30-25(31)36-16-24(33)27-19-9-12-21-22(14-19)38-26(28-21)37-15-18-7-10-20(11-8-18)32(34)35/h2-12,14H,13,15-16H2,1H3,(H,27,33). The van der Waals surface area contributed by atoms with Crippen LogP contribution in [0.2, 0.25) is 0 Å². The van der Waals surface area contributed by atoms with Gasteiger partial charge in [-0.25, -0.2) is 4.98 Å². The van der Waals surface area contributed by atoms with E-state index in [4.69, 9.17) is 0 Å². The van der Waals surface area contributed by atoms with Crippen LogP contribution < -0.4 is 5.32 Å². The number of amides is 1. The molecule has 38 heavy (non-hydrogen) atoms. The van der Waals surface area contributed by atoms with Crippen LogP contribution in [0.1, 0.15) is 17.0 Å². The van der Waals surface area contributed by atoms with Crippen LogP contribution in [0.25, 0.3) is 10.2 Å². The number of non-ortho nitro benzene ring substituents is 1. The molecule has 0 aliphatic heterocycles. The third-order valence-corrected chi connectivity index (χ3v) is 8.88. The number of aromatic nitrogens is 4. The Bertz CT molecular complexity index is 1590. The lowest BCUT2D eigenvalue weighted by Crippen LogP contribution is -2.14. The fourth-order valence-corrected chi connectivity index (χ4v) is 6.43. The molecule has 0 aliphatic carbocycles. The molecule has 5 aromatic rings. The molecule has 0 bridgehead atoms. The third-order valence-electron chi connectivity index (χ3n) is 5.62. The average Bonchev–Trinajstić information content (AvgIpc) is 3.49. The van der Waals surface area contributed by atoms with Crippen LogP contribution in [0.3, 0.4) is 0 Å². The molecule has 0 saturated heterocycles. The summed E-state index contributed by atoms with van der Waals surface area (Å²) in [5.74, 6) is 1.60. The molecular formula is C26H22N6O3S3. The number of carbonyl (C=O) groups is 1. The Kier molecular flexibility index (Phi) is 8.01. The normalized spacial score (nSPS) is 11.1. The molecule has 3 aromatic carbocycles. The molecule has 5 rings (SSSR count). The second kappa shape index (κ2) is 11.8. The number of nitrogens with zero attached hydrogens (tertiary/aromatic N) is 5. The SMILES string of the molecule is Cn1c(Cc2ccccc2)nnc1SCC(=O)Nc1ccc2nc(SCc3ccc([N+](=O)[O-])cc3)sc2c1. The number of thiazole rings is 1. The van der Waals surface area contributed by atoms with Gasteiger partial charge in [0, 0.05) is 37.0 Å². The lowest BCUT2D eigenvalue weighted by atomic mass is 10.1. The van der Waals surface area contributed by atoms with E-state index in [1.165, 1.54) is 23.9 Å². The highest BCUT2D eigenvalue weighted by Gasteiger charge is 2.13. The van der Waals surface area contributed by atoms with Gasteiger partial charge in [0.15, 0.2) is 9.50 Å². The molecule has 2 aromatic heterocycles. The predicted molar refractivity (Wildman–Crippen MR) is 152 cm³/mol. The second-order valence-electron chi connectivity index (χ2n) is 8.33. The summed E-state index contributed by atoms with van der Waals surface area (Å²) in [4.78, 5) is 27.7. The van der Waals surface area contributed by atoms with E-state index in [0.29, 0.717) is 23.0 Å². The number of fused-ring (bicyclic) bond motifs is 1. The lowest BCUT2D eigenvalue weighted by molar-refractivity contribution is -0.384. The lowest BCUT2D eigenvalue weighted by Gasteiger charge is -2.06. The van der Waals surface area contributed by atoms with Crippen LogP contribution >= 0.6 is 34.9 Å². The van der Waals surface area contributed by atoms with Gasteiger partial charge in [0.25, 0.3) is 5.69 Å². The zero-order valence-corrected chi connectivity index (χ0v) is 22.7. The van der Waals surface area contributed by atoms with E-state index in [-0.39, 0.29) is 17.3 Å². The molecule has 1 N–H and O–H groups in total. The first kappa shape index (κ1) is 25.9. The van der Waals surface area contributed by atoms with Crippen molar-refractivity contribution in [2.75, 3.05) is 11.1 Å². The molecule has 0 spiro atoms. The average molecular weight is 563 g/mol. The molecule has 1 amide bonds. The Morgan fingerprint density at radius 3 is 2.58 bits per heavy atom. The van der Waals surface area contributed by atoms with E-state index in [1.807, 2.05) is 48.0 Å². The number of anilines is 1. The molecule has 192 valence electrons. The van der Waals surface area contributed by atoms with Crippen molar-refractivity contribution in [2.45, 2.75) is 21.7 Å². The first-order chi connectivity index (χ1) is 18.4. The number of nitro groups is 1. The highest BCUT2D eigenvalue weighted by Crippen LogP contribution is 2.33. The number of carbonyl (C=O) groups excluding carboxylic acids is 1. The minimum atomic E-state index is -0.405. The van der Waals surface area contributed by atoms with Crippen LogP contribution in [0.15, 0.2) is 82.3 Å². The monoisotopic (exact) mass is 562 g/mol. The van der Waals surface area contributed by atoms with E-state index in [1.54, 1.807) is 35.2 Å². The fraction of sp³-hybridized carbons (Fsp3) is 0.154. The van der Waals surface area contributed by atoms with E-state index >= 15 is 0 Å². The molecule has 0 aliphatic rings. The number of hydrogen-bond acceptors (Lipinski definition) is 9. The first-order valence-corrected chi connectivity index (χ1v) is 14.3. The fourth-order valence-electron chi connectivity index (χ4n) is 3.63. The Morgan fingerprint density at radius 1 is 1.03 bits per heavy atom. The van der Waals surface area contributed by atoms with Gasteiger partial charge in [-0.1, -0.05) is 66.0 Å². The van der Waals surface area contributed by atoms with E-state index in [2.05, 4.69) is 32.6 Å². The van der Waals surface area contributed by atoms with Gasteiger partial charge in [-0.2, -0.15) is 0 Å². The number of thioether (sulfide) groups is 2. The highest BCUT2D eigenvalue weighted by molar-refractivity contribution is 8.00. The summed E-state index contributed by atoms with van der Waals surface area (Å²) < 4.78 is 3.79. The molecule has 2 heterocycles. The molecule has 0 atom stereocenters. The molecular weight excluding hydrogens is 541 g/mol. The van der Waals surface area contributed by atoms with Gasteiger partial charge < -0.3 is 9.88 Å². The van der Waals surface area contributed by atoms with Gasteiger partial charge >= 0.3 is 0 Å². The van der Waals surface area contributed by atoms with Crippen molar-refractivity contribution in [2.24, 2.45) is 7.05 Å². The third kappa shape index (κ3) is 6.39. The zero-order valence-electron chi connectivity index (χ0n) is 20.2. The molecule has 0 radical (unpaired) electrons. The summed E-state index contributed by atoms with van der Waals surface area (Å²) in [6, 6.07) is 22.3. The van der Waals surface area contributed by atoms with Gasteiger partial charge in [-0.05, 0) is 29.3 Å². The maximum atomic E-state index is 12.6. The summed E-state index contributed by atoms with van der Waals surface area (Å²) in [6.07, 6.45) is 0.681. The van der Waals surface area contributed by atoms with E-state index in [9.17, 15) is 14.9 Å². The molecule has 9 nitrogen and oxygen atoms in total. The van der Waals surface area contributed by atoms with Gasteiger partial charge in [-0.3, -0.25) is 14.9 Å². The van der Waals surface area contributed by atoms with Crippen molar-refractivity contribution < 1.29 is 9.72 Å². The Labute approximate surface area is 230 Å². The van der Waals surface area contributed by atoms with Crippen LogP contribution in [0.4, 0.5) is 11.4 Å². The number of nitro benzene ring substituents is 1. The zero-order chi connectivity index (χ0) is 26.5. The van der Waals surface area contributed by atoms with Crippen molar-refractivity contribution in [1.82, 2.24) is 19.7 Å². The number of benzene rings is 3. The highest BCUT2D eigenvalue weighted by atomic mass is 32.2. The molecule has 12 heteroatoms. The topological polar surface area (TPSA) is 116 Å². The summed E-state index contributed by atoms with van der Waals surface area (Å²) in [5.41, 5.74) is 3.79. The Hall–Kier alpha value is -3.74. The minimum absolute atomic E-state index is 0.0797. The summed E-state index contributed by atoms with van der Waals surface area (Å²) in [7, 11) is 1.91. The van der Waals surface area contributed by atoms with Crippen molar-refractivity contribution in [1.29, 1.82) is 0 Å². The van der Waals surface area contributed by atoms with Crippen molar-refractivity contribution in [3.8, 4) is 0 Å². The quantitative estimate of drug-likeness (QED) is 0.126. The maximum Gasteiger partial charge on any atom is 0.269 e. The van der Waals surface area contributed by atoms with Gasteiger partial charge in [0.05, 0.1) is 20.9 Å². The van der Waals surface area contributed by atoms with Crippen LogP contribution in [0.5, 0.6) is 0 Å². The summed E-state index contributed by atoms with van der Waals surface area (Å²) >= 11 is 4.47. The van der Waals surface area contributed by atoms with Gasteiger partial charge in [0.1, 0.15) is 5.82 Å². The van der Waals surface area contributed by atoms with Gasteiger partial charge in [0.2, 0.25) is 5.91 Å². The number of rotatable bonds is 10. The smallest absolute Gasteiger partial charge is 0.269 e. The molecule has 0 unspecified atom stereocenters. The minimum Gasteiger partial charge on any atom is -0.325 e. The van der Waals surface area contributed by atoms with Crippen molar-refractivity contribution >= 4 is 62.4 Å². The Balaban J connectivity index is 1.15. The maximum absolute atomic E-state index is 12.6. The van der Waals surface area contributed by atoms with E-state index < -0.39 is 4.92 Å². The molecule has 0 fully saturated rings. The van der Waals surface area contributed by atoms with E-state index in [0.717, 1.165) is 31.5 Å². The largest absolute Gasteiger partial charge is 0.325 e. The van der Waals surface area contributed by atoms with Gasteiger partial charge in [-0.15, -0.1) is 21.5 Å². The predicted octanol–water partition coefficient (Wildman–Crippen LogP) is 5.95. The van der Waals surface area contributed by atoms with Crippen molar-refractivity contribution in [3.05, 3.63) is 99.9 Å². The van der Waals surface area contributed by atoms with Crippen molar-refractivity contribution in [3.63, 3.8) is 0 Å². The number of nitrogens with one attached hydrogen (secondary N) is 1. The Morgan fingerprint density at radius 2 is 1.82 bits per heavy atom. The number of hydrogen-bond donors (Lipinski definition) is 1. The summed E-state index contributed by atoms with van der Waals surface area (Å²) in [6.45, 7) is 0. The molecule has 0 saturated carbocycles.